The summed E-state index contributed by atoms with van der Waals surface area (Å²) in [6.45, 7) is 0.357. The van der Waals surface area contributed by atoms with Gasteiger partial charge in [0.25, 0.3) is 0 Å². The molecule has 18 heteroatoms. The number of carbonyl (C=O) groups excluding carboxylic acids is 1. The predicted molar refractivity (Wildman–Crippen MR) is 149 cm³/mol. The van der Waals surface area contributed by atoms with E-state index in [1.165, 1.54) is 0 Å². The molecule has 0 aromatic rings. The molecule has 18 nitrogen and oxygen atoms in total. The number of carbonyl (C=O) groups is 1. The van der Waals surface area contributed by atoms with E-state index in [0.717, 1.165) is 0 Å². The summed E-state index contributed by atoms with van der Waals surface area (Å²) in [5.41, 5.74) is 29.2. The maximum absolute atomic E-state index is 12.7. The van der Waals surface area contributed by atoms with Crippen molar-refractivity contribution in [1.29, 1.82) is 0 Å². The number of ether oxygens (including phenoxy) is 4. The minimum absolute atomic E-state index is 0.00975. The predicted octanol–water partition coefficient (Wildman–Crippen LogP) is -7.45. The lowest BCUT2D eigenvalue weighted by Crippen LogP contribution is -2.69. The van der Waals surface area contributed by atoms with E-state index in [4.69, 9.17) is 47.6 Å². The first kappa shape index (κ1) is 36.3. The van der Waals surface area contributed by atoms with Crippen LogP contribution in [0.25, 0.3) is 0 Å². The quantitative estimate of drug-likeness (QED) is 0.0797. The lowest BCUT2D eigenvalue weighted by atomic mass is 9.83. The zero-order valence-corrected chi connectivity index (χ0v) is 24.1. The van der Waals surface area contributed by atoms with Gasteiger partial charge >= 0.3 is 0 Å². The third kappa shape index (κ3) is 8.97. The van der Waals surface area contributed by atoms with Crippen molar-refractivity contribution in [2.24, 2.45) is 28.7 Å². The van der Waals surface area contributed by atoms with Crippen LogP contribution in [-0.4, -0.2) is 161 Å². The van der Waals surface area contributed by atoms with Crippen LogP contribution in [-0.2, 0) is 23.7 Å². The van der Waals surface area contributed by atoms with Gasteiger partial charge in [0.05, 0.1) is 36.9 Å². The van der Waals surface area contributed by atoms with Crippen LogP contribution in [0.15, 0.2) is 0 Å². The number of amides is 1. The Labute approximate surface area is 250 Å². The number of aliphatic hydroxyl groups is 6. The smallest absolute Gasteiger partial charge is 0.249 e. The first-order valence-electron chi connectivity index (χ1n) is 14.7. The monoisotopic (exact) mass is 625 g/mol. The summed E-state index contributed by atoms with van der Waals surface area (Å²) in [4.78, 5) is 12.7. The van der Waals surface area contributed by atoms with Crippen molar-refractivity contribution in [3.05, 3.63) is 0 Å². The second-order valence-corrected chi connectivity index (χ2v) is 11.4. The molecule has 2 saturated heterocycles. The first-order chi connectivity index (χ1) is 20.5. The molecular weight excluding hydrogens is 574 g/mol. The molecule has 252 valence electrons. The van der Waals surface area contributed by atoms with Crippen molar-refractivity contribution in [3.8, 4) is 0 Å². The Hall–Kier alpha value is -1.17. The van der Waals surface area contributed by atoms with Crippen molar-refractivity contribution in [3.63, 3.8) is 0 Å². The van der Waals surface area contributed by atoms with Crippen LogP contribution >= 0.6 is 0 Å². The summed E-state index contributed by atoms with van der Waals surface area (Å²) >= 11 is 0. The summed E-state index contributed by atoms with van der Waals surface area (Å²) in [7, 11) is 0. The Bertz CT molecular complexity index is 851. The highest BCUT2D eigenvalue weighted by Gasteiger charge is 2.51. The summed E-state index contributed by atoms with van der Waals surface area (Å²) in [6.07, 6.45) is -13.0. The highest BCUT2D eigenvalue weighted by atomic mass is 16.7. The topological polar surface area (TPSA) is 330 Å². The largest absolute Gasteiger partial charge is 0.394 e. The summed E-state index contributed by atoms with van der Waals surface area (Å²) < 4.78 is 23.7. The van der Waals surface area contributed by atoms with Crippen molar-refractivity contribution >= 4 is 5.91 Å². The maximum atomic E-state index is 12.7. The second-order valence-electron chi connectivity index (χ2n) is 11.4. The fraction of sp³-hybridized carbons (Fsp3) is 0.960. The van der Waals surface area contributed by atoms with Crippen LogP contribution in [0.1, 0.15) is 25.7 Å². The van der Waals surface area contributed by atoms with Crippen LogP contribution < -0.4 is 39.3 Å². The third-order valence-corrected chi connectivity index (χ3v) is 8.19. The Morgan fingerprint density at radius 1 is 0.884 bits per heavy atom. The molecule has 43 heavy (non-hydrogen) atoms. The molecule has 18 N–H and O–H groups in total. The molecule has 3 aliphatic rings. The molecule has 0 radical (unpaired) electrons. The lowest BCUT2D eigenvalue weighted by molar-refractivity contribution is -0.316. The third-order valence-electron chi connectivity index (χ3n) is 8.19. The molecule has 15 atom stereocenters. The minimum Gasteiger partial charge on any atom is -0.394 e. The summed E-state index contributed by atoms with van der Waals surface area (Å²) in [5.74, 6) is -0.784. The molecule has 0 bridgehead atoms. The highest BCUT2D eigenvalue weighted by Crippen LogP contribution is 2.32. The zero-order chi connectivity index (χ0) is 31.8. The molecule has 0 unspecified atom stereocenters. The van der Waals surface area contributed by atoms with Crippen LogP contribution in [0.4, 0.5) is 0 Å². The van der Waals surface area contributed by atoms with E-state index < -0.39 is 104 Å². The molecule has 3 fully saturated rings. The fourth-order valence-electron chi connectivity index (χ4n) is 5.63. The average molecular weight is 626 g/mol. The molecule has 0 aromatic heterocycles. The summed E-state index contributed by atoms with van der Waals surface area (Å²) in [5, 5.41) is 68.6. The molecule has 0 aromatic carbocycles. The van der Waals surface area contributed by atoms with E-state index in [2.05, 4.69) is 10.6 Å². The van der Waals surface area contributed by atoms with E-state index in [-0.39, 0.29) is 32.4 Å². The maximum Gasteiger partial charge on any atom is 0.249 e. The molecule has 2 heterocycles. The highest BCUT2D eigenvalue weighted by molar-refractivity contribution is 5.80. The van der Waals surface area contributed by atoms with Crippen molar-refractivity contribution in [1.82, 2.24) is 10.6 Å². The van der Waals surface area contributed by atoms with Crippen LogP contribution in [0.5, 0.6) is 0 Å². The number of nitrogens with two attached hydrogens (primary N) is 5. The zero-order valence-electron chi connectivity index (χ0n) is 24.1. The van der Waals surface area contributed by atoms with Crippen LogP contribution in [0.2, 0.25) is 0 Å². The van der Waals surface area contributed by atoms with Gasteiger partial charge < -0.3 is 88.9 Å². The van der Waals surface area contributed by atoms with Gasteiger partial charge in [-0.15, -0.1) is 0 Å². The fourth-order valence-corrected chi connectivity index (χ4v) is 5.63. The Balaban J connectivity index is 1.85. The Kier molecular flexibility index (Phi) is 14.3. The standard InChI is InChI=1S/C25H51N7O11/c26-3-1-5-31-12-7-14(35)15(8-28)40-24(12)42-21-10(29)6-11(32-23(39)13(34)2-4-27)22(20(21)38)43-25-19(37)17(30)18(36)16(9-33)41-25/h10-22,24-25,31,33-38H,1-9,26-30H2,(H,32,39)/t10-,11+,12+,13-,14-,15+,16+,17-,18+,19+,20-,21+,22-,24+,25+/m0/s1. The lowest BCUT2D eigenvalue weighted by Gasteiger charge is -2.49. The van der Waals surface area contributed by atoms with Crippen LogP contribution in [0.3, 0.4) is 0 Å². The van der Waals surface area contributed by atoms with Gasteiger partial charge in [-0.3, -0.25) is 4.79 Å². The average Bonchev–Trinajstić information content (AvgIpc) is 2.98. The van der Waals surface area contributed by atoms with Gasteiger partial charge in [0.15, 0.2) is 12.6 Å². The molecule has 1 aliphatic carbocycles. The minimum atomic E-state index is -1.58. The molecule has 0 spiro atoms. The van der Waals surface area contributed by atoms with Gasteiger partial charge in [-0.05, 0) is 45.3 Å². The van der Waals surface area contributed by atoms with Gasteiger partial charge in [-0.2, -0.15) is 0 Å². The van der Waals surface area contributed by atoms with Crippen molar-refractivity contribution in [2.45, 2.75) is 117 Å². The van der Waals surface area contributed by atoms with E-state index in [9.17, 15) is 35.4 Å². The first-order valence-corrected chi connectivity index (χ1v) is 14.7. The Morgan fingerprint density at radius 2 is 1.56 bits per heavy atom. The van der Waals surface area contributed by atoms with Gasteiger partial charge in [0.2, 0.25) is 5.91 Å². The molecule has 1 amide bonds. The molecule has 2 aliphatic heterocycles. The SMILES string of the molecule is NCCCN[C@@H]1C[C@H](O)[C@@H](CN)O[C@@H]1O[C@H]1[C@H](O)[C@@H](O[C@H]2O[C@H](CO)[C@@H](O)[C@H](N)[C@H]2O)[C@H](NC(=O)[C@@H](O)CCN)C[C@@H]1N. The van der Waals surface area contributed by atoms with Gasteiger partial charge in [-0.1, -0.05) is 0 Å². The van der Waals surface area contributed by atoms with E-state index >= 15 is 0 Å². The van der Waals surface area contributed by atoms with E-state index in [1.54, 1.807) is 0 Å². The number of nitrogens with one attached hydrogen (secondary N) is 2. The van der Waals surface area contributed by atoms with E-state index in [0.29, 0.717) is 19.5 Å². The van der Waals surface area contributed by atoms with Crippen LogP contribution in [0, 0.1) is 0 Å². The number of rotatable bonds is 14. The molecule has 1 saturated carbocycles. The number of hydrogen-bond acceptors (Lipinski definition) is 17. The van der Waals surface area contributed by atoms with Crippen molar-refractivity contribution in [2.75, 3.05) is 32.8 Å². The normalized spacial score (nSPS) is 42.9. The summed E-state index contributed by atoms with van der Waals surface area (Å²) in [6, 6.07) is -3.68. The molecular formula is C25H51N7O11. The van der Waals surface area contributed by atoms with Gasteiger partial charge in [-0.25, -0.2) is 0 Å². The second kappa shape index (κ2) is 16.9. The molecule has 3 rings (SSSR count). The number of hydrogen-bond donors (Lipinski definition) is 13. The van der Waals surface area contributed by atoms with Gasteiger partial charge in [0, 0.05) is 12.6 Å². The van der Waals surface area contributed by atoms with E-state index in [1.807, 2.05) is 0 Å². The Morgan fingerprint density at radius 3 is 2.19 bits per heavy atom. The van der Waals surface area contributed by atoms with Gasteiger partial charge in [0.1, 0.15) is 42.7 Å². The number of aliphatic hydroxyl groups excluding tert-OH is 6. The van der Waals surface area contributed by atoms with Crippen molar-refractivity contribution < 1.29 is 54.4 Å².